The highest BCUT2D eigenvalue weighted by molar-refractivity contribution is 14.0. The van der Waals surface area contributed by atoms with E-state index in [1.165, 1.54) is 0 Å². The highest BCUT2D eigenvalue weighted by Gasteiger charge is 2.01. The van der Waals surface area contributed by atoms with E-state index in [0.29, 0.717) is 6.54 Å². The van der Waals surface area contributed by atoms with Crippen LogP contribution in [0.4, 0.5) is 5.82 Å². The van der Waals surface area contributed by atoms with Gasteiger partial charge in [-0.15, -0.1) is 24.0 Å². The first-order valence-corrected chi connectivity index (χ1v) is 7.94. The van der Waals surface area contributed by atoms with Gasteiger partial charge in [-0.1, -0.05) is 0 Å². The Balaban J connectivity index is 0.00000288. The van der Waals surface area contributed by atoms with E-state index in [1.54, 1.807) is 0 Å². The van der Waals surface area contributed by atoms with Crippen LogP contribution in [0.2, 0.25) is 0 Å². The first-order chi connectivity index (χ1) is 11.2. The zero-order chi connectivity index (χ0) is 16.5. The molecule has 2 rings (SSSR count). The van der Waals surface area contributed by atoms with Gasteiger partial charge in [-0.3, -0.25) is 0 Å². The summed E-state index contributed by atoms with van der Waals surface area (Å²) in [6, 6.07) is 8.13. The molecule has 0 aliphatic carbocycles. The van der Waals surface area contributed by atoms with Crippen LogP contribution in [0.1, 0.15) is 12.5 Å². The van der Waals surface area contributed by atoms with Crippen molar-refractivity contribution in [2.75, 3.05) is 32.1 Å². The van der Waals surface area contributed by atoms with Crippen molar-refractivity contribution in [1.82, 2.24) is 20.2 Å². The van der Waals surface area contributed by atoms with Gasteiger partial charge in [0.05, 0.1) is 6.54 Å². The quantitative estimate of drug-likeness (QED) is 0.393. The molecule has 2 heterocycles. The van der Waals surface area contributed by atoms with Gasteiger partial charge in [0.2, 0.25) is 0 Å². The molecule has 0 saturated carbocycles. The standard InChI is InChI=1S/C17H26N6.HI/c1-4-18-17(20-9-12-23-10-5-6-11-23)21-14-15-7-8-19-16(13-15)22(2)3;/h5-8,10-11,13H,4,9,12,14H2,1-3H3,(H2,18,20,21);1H. The van der Waals surface area contributed by atoms with Gasteiger partial charge in [-0.25, -0.2) is 9.98 Å². The van der Waals surface area contributed by atoms with Gasteiger partial charge in [-0.05, 0) is 36.8 Å². The van der Waals surface area contributed by atoms with Crippen LogP contribution in [-0.2, 0) is 13.1 Å². The molecule has 0 atom stereocenters. The Labute approximate surface area is 161 Å². The predicted molar refractivity (Wildman–Crippen MR) is 111 cm³/mol. The lowest BCUT2D eigenvalue weighted by atomic mass is 10.2. The van der Waals surface area contributed by atoms with Crippen LogP contribution in [0.5, 0.6) is 0 Å². The van der Waals surface area contributed by atoms with Crippen LogP contribution >= 0.6 is 24.0 Å². The van der Waals surface area contributed by atoms with E-state index >= 15 is 0 Å². The molecular weight excluding hydrogens is 415 g/mol. The Kier molecular flexibility index (Phi) is 9.21. The zero-order valence-corrected chi connectivity index (χ0v) is 16.9. The number of hydrogen-bond donors (Lipinski definition) is 2. The fourth-order valence-electron chi connectivity index (χ4n) is 2.14. The minimum atomic E-state index is 0. The Hall–Kier alpha value is -1.77. The largest absolute Gasteiger partial charge is 0.363 e. The number of guanidine groups is 1. The van der Waals surface area contributed by atoms with Crippen LogP contribution < -0.4 is 15.5 Å². The lowest BCUT2D eigenvalue weighted by Gasteiger charge is -2.13. The smallest absolute Gasteiger partial charge is 0.191 e. The fourth-order valence-corrected chi connectivity index (χ4v) is 2.14. The highest BCUT2D eigenvalue weighted by Crippen LogP contribution is 2.10. The van der Waals surface area contributed by atoms with E-state index in [9.17, 15) is 0 Å². The zero-order valence-electron chi connectivity index (χ0n) is 14.6. The van der Waals surface area contributed by atoms with E-state index in [0.717, 1.165) is 37.0 Å². The second kappa shape index (κ2) is 10.9. The van der Waals surface area contributed by atoms with Crippen molar-refractivity contribution in [3.63, 3.8) is 0 Å². The first kappa shape index (κ1) is 20.3. The molecule has 0 fully saturated rings. The van der Waals surface area contributed by atoms with Crippen molar-refractivity contribution in [3.05, 3.63) is 48.4 Å². The van der Waals surface area contributed by atoms with Gasteiger partial charge < -0.3 is 20.1 Å². The maximum absolute atomic E-state index is 4.64. The summed E-state index contributed by atoms with van der Waals surface area (Å²) in [5.41, 5.74) is 1.14. The number of pyridine rings is 1. The van der Waals surface area contributed by atoms with Gasteiger partial charge in [0, 0.05) is 52.3 Å². The Morgan fingerprint density at radius 1 is 1.25 bits per heavy atom. The molecule has 0 unspecified atom stereocenters. The molecule has 2 aromatic heterocycles. The molecule has 0 radical (unpaired) electrons. The fraction of sp³-hybridized carbons (Fsp3) is 0.412. The third-order valence-electron chi connectivity index (χ3n) is 3.36. The molecule has 0 aliphatic heterocycles. The SMILES string of the molecule is CCNC(=NCc1ccnc(N(C)C)c1)NCCn1cccc1.I. The molecule has 0 aliphatic rings. The molecular formula is C17H27IN6. The lowest BCUT2D eigenvalue weighted by molar-refractivity contribution is 0.666. The summed E-state index contributed by atoms with van der Waals surface area (Å²) in [6.45, 7) is 5.29. The van der Waals surface area contributed by atoms with Crippen LogP contribution in [0, 0.1) is 0 Å². The van der Waals surface area contributed by atoms with Crippen LogP contribution in [0.25, 0.3) is 0 Å². The second-order valence-electron chi connectivity index (χ2n) is 5.46. The minimum Gasteiger partial charge on any atom is -0.363 e. The summed E-state index contributed by atoms with van der Waals surface area (Å²) in [7, 11) is 3.98. The average Bonchev–Trinajstić information content (AvgIpc) is 3.06. The number of halogens is 1. The number of aliphatic imine (C=N–C) groups is 1. The normalized spacial score (nSPS) is 10.9. The molecule has 0 saturated heterocycles. The Morgan fingerprint density at radius 2 is 2.00 bits per heavy atom. The molecule has 2 N–H and O–H groups in total. The average molecular weight is 442 g/mol. The summed E-state index contributed by atoms with van der Waals surface area (Å²) in [6.07, 6.45) is 5.95. The number of nitrogens with one attached hydrogen (secondary N) is 2. The summed E-state index contributed by atoms with van der Waals surface area (Å²) in [5, 5.41) is 6.63. The van der Waals surface area contributed by atoms with Crippen molar-refractivity contribution in [1.29, 1.82) is 0 Å². The summed E-state index contributed by atoms with van der Waals surface area (Å²) in [5.74, 6) is 1.78. The molecule has 7 heteroatoms. The topological polar surface area (TPSA) is 57.5 Å². The van der Waals surface area contributed by atoms with E-state index < -0.39 is 0 Å². The molecule has 132 valence electrons. The van der Waals surface area contributed by atoms with Crippen molar-refractivity contribution in [2.45, 2.75) is 20.0 Å². The Morgan fingerprint density at radius 3 is 2.67 bits per heavy atom. The van der Waals surface area contributed by atoms with Crippen molar-refractivity contribution >= 4 is 35.8 Å². The maximum Gasteiger partial charge on any atom is 0.191 e. The van der Waals surface area contributed by atoms with E-state index in [-0.39, 0.29) is 24.0 Å². The number of nitrogens with zero attached hydrogens (tertiary/aromatic N) is 4. The molecule has 0 aromatic carbocycles. The first-order valence-electron chi connectivity index (χ1n) is 7.94. The molecule has 0 bridgehead atoms. The van der Waals surface area contributed by atoms with Gasteiger partial charge >= 0.3 is 0 Å². The second-order valence-corrected chi connectivity index (χ2v) is 5.46. The van der Waals surface area contributed by atoms with Crippen LogP contribution in [0.15, 0.2) is 47.8 Å². The van der Waals surface area contributed by atoms with Crippen LogP contribution in [0.3, 0.4) is 0 Å². The van der Waals surface area contributed by atoms with Crippen LogP contribution in [-0.4, -0.2) is 42.7 Å². The minimum absolute atomic E-state index is 0. The molecule has 6 nitrogen and oxygen atoms in total. The van der Waals surface area contributed by atoms with E-state index in [2.05, 4.69) is 50.6 Å². The van der Waals surface area contributed by atoms with Crippen molar-refractivity contribution in [2.24, 2.45) is 4.99 Å². The molecule has 0 amide bonds. The highest BCUT2D eigenvalue weighted by atomic mass is 127. The van der Waals surface area contributed by atoms with Gasteiger partial charge in [-0.2, -0.15) is 0 Å². The molecule has 2 aromatic rings. The van der Waals surface area contributed by atoms with E-state index in [1.807, 2.05) is 43.4 Å². The third-order valence-corrected chi connectivity index (χ3v) is 3.36. The Bertz CT molecular complexity index is 609. The summed E-state index contributed by atoms with van der Waals surface area (Å²) >= 11 is 0. The lowest BCUT2D eigenvalue weighted by Crippen LogP contribution is -2.38. The van der Waals surface area contributed by atoms with Gasteiger partial charge in [0.1, 0.15) is 5.82 Å². The predicted octanol–water partition coefficient (Wildman–Crippen LogP) is 2.32. The number of aromatic nitrogens is 2. The molecule has 24 heavy (non-hydrogen) atoms. The van der Waals surface area contributed by atoms with Gasteiger partial charge in [0.15, 0.2) is 5.96 Å². The van der Waals surface area contributed by atoms with Crippen molar-refractivity contribution < 1.29 is 0 Å². The maximum atomic E-state index is 4.64. The molecule has 0 spiro atoms. The van der Waals surface area contributed by atoms with E-state index in [4.69, 9.17) is 0 Å². The number of rotatable bonds is 7. The number of anilines is 1. The van der Waals surface area contributed by atoms with Gasteiger partial charge in [0.25, 0.3) is 0 Å². The number of hydrogen-bond acceptors (Lipinski definition) is 3. The monoisotopic (exact) mass is 442 g/mol. The summed E-state index contributed by atoms with van der Waals surface area (Å²) < 4.78 is 2.14. The van der Waals surface area contributed by atoms with Crippen molar-refractivity contribution in [3.8, 4) is 0 Å². The third kappa shape index (κ3) is 6.77. The summed E-state index contributed by atoms with van der Waals surface area (Å²) in [4.78, 5) is 11.0.